The van der Waals surface area contributed by atoms with E-state index in [4.69, 9.17) is 4.74 Å². The number of rotatable bonds is 3. The molecular formula is C53H39N3O. The largest absolute Gasteiger partial charge is 0.485 e. The van der Waals surface area contributed by atoms with Crippen LogP contribution in [0.15, 0.2) is 158 Å². The van der Waals surface area contributed by atoms with Crippen LogP contribution in [-0.2, 0) is 10.8 Å². The van der Waals surface area contributed by atoms with E-state index in [1.807, 2.05) is 6.07 Å². The molecule has 0 N–H and O–H groups in total. The van der Waals surface area contributed by atoms with E-state index in [1.54, 1.807) is 0 Å². The number of para-hydroxylation sites is 3. The highest BCUT2D eigenvalue weighted by Crippen LogP contribution is 2.57. The smallest absolute Gasteiger partial charge is 0.127 e. The van der Waals surface area contributed by atoms with Gasteiger partial charge in [0.05, 0.1) is 28.7 Å². The lowest BCUT2D eigenvalue weighted by Crippen LogP contribution is -2.46. The normalized spacial score (nSPS) is 20.5. The SMILES string of the molecule is CC1(C)c2ccccc2-c2ccc3c4ccccc4n(-c4ccc(C#N)c(-c5cccc(N6c7ccccc7C7(C)C=C8c9ccccc9OC8CC67)c5)c4)c3c21. The molecule has 3 heterocycles. The molecule has 272 valence electrons. The minimum absolute atomic E-state index is 0.00720. The summed E-state index contributed by atoms with van der Waals surface area (Å²) in [5.41, 5.74) is 17.1. The second-order valence-corrected chi connectivity index (χ2v) is 16.9. The summed E-state index contributed by atoms with van der Waals surface area (Å²) in [6, 6.07) is 57.4. The van der Waals surface area contributed by atoms with E-state index >= 15 is 0 Å². The monoisotopic (exact) mass is 733 g/mol. The van der Waals surface area contributed by atoms with E-state index in [9.17, 15) is 5.26 Å². The van der Waals surface area contributed by atoms with Gasteiger partial charge < -0.3 is 14.2 Å². The van der Waals surface area contributed by atoms with Gasteiger partial charge in [-0.2, -0.15) is 5.26 Å². The van der Waals surface area contributed by atoms with Gasteiger partial charge >= 0.3 is 0 Å². The Morgan fingerprint density at radius 1 is 0.649 bits per heavy atom. The fourth-order valence-corrected chi connectivity index (χ4v) is 11.1. The second kappa shape index (κ2) is 11.4. The molecular weight excluding hydrogens is 695 g/mol. The van der Waals surface area contributed by atoms with Crippen molar-refractivity contribution in [2.75, 3.05) is 4.90 Å². The van der Waals surface area contributed by atoms with Gasteiger partial charge in [-0.3, -0.25) is 0 Å². The van der Waals surface area contributed by atoms with Crippen molar-refractivity contribution >= 4 is 38.8 Å². The van der Waals surface area contributed by atoms with Crippen LogP contribution < -0.4 is 9.64 Å². The van der Waals surface area contributed by atoms with Crippen LogP contribution >= 0.6 is 0 Å². The number of aromatic nitrogens is 1. The molecule has 0 amide bonds. The Kier molecular flexibility index (Phi) is 6.47. The average molecular weight is 734 g/mol. The first-order valence-electron chi connectivity index (χ1n) is 20.0. The Morgan fingerprint density at radius 2 is 1.42 bits per heavy atom. The van der Waals surface area contributed by atoms with Crippen LogP contribution in [-0.4, -0.2) is 16.7 Å². The van der Waals surface area contributed by atoms with Crippen molar-refractivity contribution in [2.45, 2.75) is 50.2 Å². The first-order valence-corrected chi connectivity index (χ1v) is 20.0. The van der Waals surface area contributed by atoms with Crippen molar-refractivity contribution < 1.29 is 4.74 Å². The number of benzene rings is 7. The summed E-state index contributed by atoms with van der Waals surface area (Å²) in [7, 11) is 0. The molecule has 4 nitrogen and oxygen atoms in total. The minimum Gasteiger partial charge on any atom is -0.485 e. The summed E-state index contributed by atoms with van der Waals surface area (Å²) in [6.45, 7) is 7.11. The van der Waals surface area contributed by atoms with Gasteiger partial charge in [0.1, 0.15) is 11.9 Å². The molecule has 0 saturated carbocycles. The number of nitriles is 1. The molecule has 3 atom stereocenters. The van der Waals surface area contributed by atoms with Gasteiger partial charge in [-0.1, -0.05) is 123 Å². The quantitative estimate of drug-likeness (QED) is 0.182. The fourth-order valence-electron chi connectivity index (χ4n) is 11.1. The van der Waals surface area contributed by atoms with Crippen molar-refractivity contribution in [1.29, 1.82) is 5.26 Å². The molecule has 4 heteroatoms. The fraction of sp³-hybridized carbons (Fsp3) is 0.151. The van der Waals surface area contributed by atoms with Gasteiger partial charge in [-0.25, -0.2) is 0 Å². The van der Waals surface area contributed by atoms with Crippen LogP contribution in [0.5, 0.6) is 5.75 Å². The molecule has 12 rings (SSSR count). The molecule has 0 bridgehead atoms. The third kappa shape index (κ3) is 4.26. The van der Waals surface area contributed by atoms with Crippen LogP contribution in [0.3, 0.4) is 0 Å². The second-order valence-electron chi connectivity index (χ2n) is 16.9. The summed E-state index contributed by atoms with van der Waals surface area (Å²) in [5, 5.41) is 13.1. The molecule has 0 radical (unpaired) electrons. The topological polar surface area (TPSA) is 41.2 Å². The predicted molar refractivity (Wildman–Crippen MR) is 232 cm³/mol. The number of ether oxygens (including phenoxy) is 1. The molecule has 1 aromatic heterocycles. The highest BCUT2D eigenvalue weighted by molar-refractivity contribution is 6.13. The minimum atomic E-state index is -0.207. The lowest BCUT2D eigenvalue weighted by atomic mass is 9.70. The molecule has 57 heavy (non-hydrogen) atoms. The molecule has 0 fully saturated rings. The van der Waals surface area contributed by atoms with Crippen LogP contribution in [0.2, 0.25) is 0 Å². The Bertz CT molecular complexity index is 3120. The lowest BCUT2D eigenvalue weighted by molar-refractivity contribution is 0.230. The lowest BCUT2D eigenvalue weighted by Gasteiger charge is -2.40. The maximum Gasteiger partial charge on any atom is 0.127 e. The molecule has 2 aliphatic heterocycles. The van der Waals surface area contributed by atoms with Crippen molar-refractivity contribution in [3.63, 3.8) is 0 Å². The third-order valence-electron chi connectivity index (χ3n) is 13.6. The zero-order valence-corrected chi connectivity index (χ0v) is 32.1. The van der Waals surface area contributed by atoms with Crippen LogP contribution in [0.4, 0.5) is 11.4 Å². The summed E-state index contributed by atoms with van der Waals surface area (Å²) in [4.78, 5) is 2.53. The number of hydrogen-bond donors (Lipinski definition) is 0. The Labute approximate surface area is 332 Å². The molecule has 3 unspecified atom stereocenters. The van der Waals surface area contributed by atoms with Crippen molar-refractivity contribution in [3.8, 4) is 39.8 Å². The van der Waals surface area contributed by atoms with E-state index in [2.05, 4.69) is 188 Å². The van der Waals surface area contributed by atoms with Gasteiger partial charge in [0.2, 0.25) is 0 Å². The number of anilines is 2. The van der Waals surface area contributed by atoms with Crippen LogP contribution in [0.25, 0.3) is 55.3 Å². The van der Waals surface area contributed by atoms with Crippen molar-refractivity contribution in [1.82, 2.24) is 4.57 Å². The summed E-state index contributed by atoms with van der Waals surface area (Å²) < 4.78 is 9.05. The summed E-state index contributed by atoms with van der Waals surface area (Å²) in [5.74, 6) is 0.976. The number of fused-ring (bicyclic) bond motifs is 13. The van der Waals surface area contributed by atoms with Crippen LogP contribution in [0, 0.1) is 11.3 Å². The molecule has 7 aromatic carbocycles. The molecule has 0 saturated heterocycles. The highest BCUT2D eigenvalue weighted by Gasteiger charge is 2.53. The summed E-state index contributed by atoms with van der Waals surface area (Å²) >= 11 is 0. The maximum atomic E-state index is 10.6. The van der Waals surface area contributed by atoms with E-state index in [0.29, 0.717) is 5.56 Å². The number of hydrogen-bond acceptors (Lipinski definition) is 3. The van der Waals surface area contributed by atoms with Gasteiger partial charge in [-0.05, 0) is 88.8 Å². The average Bonchev–Trinajstić information content (AvgIpc) is 3.92. The standard InChI is InChI=1S/C53H39N3O/c1-52(2)43-18-7-4-15-36(43)39-25-26-40-37-16-5-9-20-45(37)56(51(40)50(39)52)35-24-23-33(31-54)41(28-35)32-13-12-14-34(27-32)55-46-21-10-8-19-44(46)53(3)30-42-38-17-6-11-22-47(38)57-48(42)29-49(53)55/h4-28,30,48-49H,29H2,1-3H3. The first kappa shape index (κ1) is 32.4. The van der Waals surface area contributed by atoms with E-state index in [0.717, 1.165) is 40.2 Å². The Morgan fingerprint density at radius 3 is 2.30 bits per heavy atom. The molecule has 8 aromatic rings. The zero-order chi connectivity index (χ0) is 38.2. The molecule has 2 aliphatic carbocycles. The molecule has 4 aliphatic rings. The Hall–Kier alpha value is -6.83. The van der Waals surface area contributed by atoms with E-state index in [1.165, 1.54) is 60.9 Å². The van der Waals surface area contributed by atoms with Gasteiger partial charge in [0.15, 0.2) is 0 Å². The van der Waals surface area contributed by atoms with Gasteiger partial charge in [-0.15, -0.1) is 0 Å². The summed E-state index contributed by atoms with van der Waals surface area (Å²) in [6.07, 6.45) is 3.36. The third-order valence-corrected chi connectivity index (χ3v) is 13.6. The van der Waals surface area contributed by atoms with Gasteiger partial charge in [0, 0.05) is 61.8 Å². The predicted octanol–water partition coefficient (Wildman–Crippen LogP) is 12.7. The van der Waals surface area contributed by atoms with E-state index in [-0.39, 0.29) is 23.0 Å². The highest BCUT2D eigenvalue weighted by atomic mass is 16.5. The maximum absolute atomic E-state index is 10.6. The first-order chi connectivity index (χ1) is 27.8. The zero-order valence-electron chi connectivity index (χ0n) is 32.1. The number of nitrogens with zero attached hydrogens (tertiary/aromatic N) is 3. The van der Waals surface area contributed by atoms with Crippen LogP contribution in [0.1, 0.15) is 55.0 Å². The van der Waals surface area contributed by atoms with Gasteiger partial charge in [0.25, 0.3) is 0 Å². The van der Waals surface area contributed by atoms with Crippen molar-refractivity contribution in [2.24, 2.45) is 0 Å². The van der Waals surface area contributed by atoms with Crippen molar-refractivity contribution in [3.05, 3.63) is 186 Å². The van der Waals surface area contributed by atoms with E-state index < -0.39 is 0 Å². The molecule has 0 spiro atoms. The Balaban J connectivity index is 1.02.